The summed E-state index contributed by atoms with van der Waals surface area (Å²) in [6.45, 7) is 7.92. The summed E-state index contributed by atoms with van der Waals surface area (Å²) >= 11 is 0. The van der Waals surface area contributed by atoms with Crippen molar-refractivity contribution in [2.75, 3.05) is 18.8 Å². The molecule has 0 rings (SSSR count). The Bertz CT molecular complexity index is 430. The molecule has 0 saturated heterocycles. The molecule has 0 aromatic rings. The van der Waals surface area contributed by atoms with E-state index in [4.69, 9.17) is 4.74 Å². The number of nitrogens with one attached hydrogen (secondary N) is 2. The summed E-state index contributed by atoms with van der Waals surface area (Å²) in [4.78, 5) is 11.4. The highest BCUT2D eigenvalue weighted by atomic mass is 32.2. The van der Waals surface area contributed by atoms with Gasteiger partial charge in [0.1, 0.15) is 5.60 Å². The molecule has 0 fully saturated rings. The van der Waals surface area contributed by atoms with Gasteiger partial charge in [0.2, 0.25) is 10.0 Å². The van der Waals surface area contributed by atoms with Gasteiger partial charge in [0.05, 0.1) is 5.75 Å². The second kappa shape index (κ2) is 12.5. The van der Waals surface area contributed by atoms with Gasteiger partial charge in [-0.15, -0.1) is 0 Å². The fourth-order valence-electron chi connectivity index (χ4n) is 2.18. The van der Waals surface area contributed by atoms with Crippen LogP contribution in [0.3, 0.4) is 0 Å². The molecule has 24 heavy (non-hydrogen) atoms. The number of rotatable bonds is 13. The van der Waals surface area contributed by atoms with Crippen LogP contribution < -0.4 is 10.0 Å². The summed E-state index contributed by atoms with van der Waals surface area (Å²) < 4.78 is 31.2. The minimum atomic E-state index is -3.26. The Labute approximate surface area is 148 Å². The van der Waals surface area contributed by atoms with Crippen molar-refractivity contribution in [2.45, 2.75) is 84.7 Å². The largest absolute Gasteiger partial charge is 0.444 e. The molecule has 0 aromatic carbocycles. The molecule has 6 nitrogen and oxygen atoms in total. The molecule has 0 spiro atoms. The normalized spacial score (nSPS) is 12.2. The fraction of sp³-hybridized carbons (Fsp3) is 0.941. The quantitative estimate of drug-likeness (QED) is 0.489. The first-order valence-corrected chi connectivity index (χ1v) is 10.8. The zero-order valence-corrected chi connectivity index (χ0v) is 16.6. The second-order valence-corrected chi connectivity index (χ2v) is 9.04. The van der Waals surface area contributed by atoms with Gasteiger partial charge in [-0.25, -0.2) is 17.9 Å². The lowest BCUT2D eigenvalue weighted by atomic mass is 10.1. The van der Waals surface area contributed by atoms with Crippen LogP contribution in [0.4, 0.5) is 4.79 Å². The van der Waals surface area contributed by atoms with E-state index in [2.05, 4.69) is 17.0 Å². The van der Waals surface area contributed by atoms with Crippen LogP contribution in [0.5, 0.6) is 0 Å². The molecule has 0 radical (unpaired) electrons. The lowest BCUT2D eigenvalue weighted by Gasteiger charge is -2.19. The van der Waals surface area contributed by atoms with E-state index in [1.54, 1.807) is 20.8 Å². The van der Waals surface area contributed by atoms with Gasteiger partial charge in [-0.1, -0.05) is 51.9 Å². The topological polar surface area (TPSA) is 84.5 Å². The molecule has 0 aliphatic rings. The average molecular weight is 365 g/mol. The number of carbonyl (C=O) groups excluding carboxylic acids is 1. The van der Waals surface area contributed by atoms with Crippen LogP contribution in [0.15, 0.2) is 0 Å². The van der Waals surface area contributed by atoms with Gasteiger partial charge in [0.25, 0.3) is 0 Å². The smallest absolute Gasteiger partial charge is 0.407 e. The van der Waals surface area contributed by atoms with Crippen molar-refractivity contribution < 1.29 is 17.9 Å². The minimum Gasteiger partial charge on any atom is -0.444 e. The predicted octanol–water partition coefficient (Wildman–Crippen LogP) is 3.57. The average Bonchev–Trinajstić information content (AvgIpc) is 2.44. The summed E-state index contributed by atoms with van der Waals surface area (Å²) in [5.41, 5.74) is -0.555. The van der Waals surface area contributed by atoms with E-state index in [0.29, 0.717) is 6.42 Å². The van der Waals surface area contributed by atoms with E-state index in [1.165, 1.54) is 32.1 Å². The van der Waals surface area contributed by atoms with E-state index < -0.39 is 21.7 Å². The molecular formula is C17H36N2O4S. The molecule has 0 aliphatic heterocycles. The summed E-state index contributed by atoms with van der Waals surface area (Å²) in [6, 6.07) is 0. The number of hydrogen-bond acceptors (Lipinski definition) is 4. The SMILES string of the molecule is CCCCCCCCCCS(=O)(=O)NCCNC(=O)OC(C)(C)C. The number of hydrogen-bond donors (Lipinski definition) is 2. The van der Waals surface area contributed by atoms with Gasteiger partial charge in [0, 0.05) is 13.1 Å². The van der Waals surface area contributed by atoms with Crippen molar-refractivity contribution in [1.29, 1.82) is 0 Å². The third-order valence-corrected chi connectivity index (χ3v) is 4.85. The van der Waals surface area contributed by atoms with Crippen LogP contribution in [0, 0.1) is 0 Å². The monoisotopic (exact) mass is 364 g/mol. The van der Waals surface area contributed by atoms with E-state index in [-0.39, 0.29) is 18.8 Å². The van der Waals surface area contributed by atoms with E-state index in [9.17, 15) is 13.2 Å². The zero-order chi connectivity index (χ0) is 18.5. The zero-order valence-electron chi connectivity index (χ0n) is 15.8. The lowest BCUT2D eigenvalue weighted by Crippen LogP contribution is -2.38. The van der Waals surface area contributed by atoms with Gasteiger partial charge in [-0.05, 0) is 27.2 Å². The molecule has 0 aliphatic carbocycles. The Hall–Kier alpha value is -0.820. The lowest BCUT2D eigenvalue weighted by molar-refractivity contribution is 0.0529. The Balaban J connectivity index is 3.63. The number of sulfonamides is 1. The van der Waals surface area contributed by atoms with Gasteiger partial charge in [0.15, 0.2) is 0 Å². The molecule has 0 saturated carbocycles. The van der Waals surface area contributed by atoms with E-state index in [0.717, 1.165) is 12.8 Å². The Morgan fingerprint density at radius 3 is 2.00 bits per heavy atom. The maximum absolute atomic E-state index is 11.8. The second-order valence-electron chi connectivity index (χ2n) is 7.12. The standard InChI is InChI=1S/C17H36N2O4S/c1-5-6-7-8-9-10-11-12-15-24(21,22)19-14-13-18-16(20)23-17(2,3)4/h19H,5-15H2,1-4H3,(H,18,20). The van der Waals surface area contributed by atoms with Crippen LogP contribution in [-0.4, -0.2) is 39.0 Å². The van der Waals surface area contributed by atoms with Crippen molar-refractivity contribution in [2.24, 2.45) is 0 Å². The summed E-state index contributed by atoms with van der Waals surface area (Å²) in [6.07, 6.45) is 8.43. The first-order valence-electron chi connectivity index (χ1n) is 9.10. The van der Waals surface area contributed by atoms with Crippen LogP contribution in [0.2, 0.25) is 0 Å². The summed E-state index contributed by atoms with van der Waals surface area (Å²) in [7, 11) is -3.26. The van der Waals surface area contributed by atoms with Crippen LogP contribution in [-0.2, 0) is 14.8 Å². The van der Waals surface area contributed by atoms with Crippen molar-refractivity contribution in [3.63, 3.8) is 0 Å². The molecule has 7 heteroatoms. The molecule has 0 atom stereocenters. The number of amides is 1. The number of unbranched alkanes of at least 4 members (excludes halogenated alkanes) is 7. The predicted molar refractivity (Wildman–Crippen MR) is 98.6 cm³/mol. The maximum Gasteiger partial charge on any atom is 0.407 e. The highest BCUT2D eigenvalue weighted by molar-refractivity contribution is 7.89. The third-order valence-electron chi connectivity index (χ3n) is 3.38. The molecule has 1 amide bonds. The summed E-state index contributed by atoms with van der Waals surface area (Å²) in [5, 5.41) is 2.52. The first kappa shape index (κ1) is 23.2. The third kappa shape index (κ3) is 16.1. The summed E-state index contributed by atoms with van der Waals surface area (Å²) in [5.74, 6) is 0.147. The number of alkyl carbamates (subject to hydrolysis) is 1. The van der Waals surface area contributed by atoms with Crippen molar-refractivity contribution in [3.8, 4) is 0 Å². The first-order chi connectivity index (χ1) is 11.2. The van der Waals surface area contributed by atoms with Gasteiger partial charge < -0.3 is 10.1 Å². The minimum absolute atomic E-state index is 0.147. The highest BCUT2D eigenvalue weighted by Gasteiger charge is 2.15. The molecule has 0 bridgehead atoms. The Morgan fingerprint density at radius 1 is 0.917 bits per heavy atom. The van der Waals surface area contributed by atoms with Crippen LogP contribution in [0.1, 0.15) is 79.1 Å². The molecular weight excluding hydrogens is 328 g/mol. The highest BCUT2D eigenvalue weighted by Crippen LogP contribution is 2.09. The molecule has 0 unspecified atom stereocenters. The van der Waals surface area contributed by atoms with Crippen molar-refractivity contribution >= 4 is 16.1 Å². The Morgan fingerprint density at radius 2 is 1.46 bits per heavy atom. The van der Waals surface area contributed by atoms with Crippen LogP contribution in [0.25, 0.3) is 0 Å². The molecule has 144 valence electrons. The fourth-order valence-corrected chi connectivity index (χ4v) is 3.32. The van der Waals surface area contributed by atoms with Gasteiger partial charge in [-0.3, -0.25) is 0 Å². The van der Waals surface area contributed by atoms with Gasteiger partial charge in [-0.2, -0.15) is 0 Å². The van der Waals surface area contributed by atoms with Crippen molar-refractivity contribution in [1.82, 2.24) is 10.0 Å². The van der Waals surface area contributed by atoms with E-state index in [1.807, 2.05) is 0 Å². The van der Waals surface area contributed by atoms with Crippen LogP contribution >= 0.6 is 0 Å². The number of ether oxygens (including phenoxy) is 1. The molecule has 0 aromatic heterocycles. The molecule has 0 heterocycles. The van der Waals surface area contributed by atoms with Crippen molar-refractivity contribution in [3.05, 3.63) is 0 Å². The van der Waals surface area contributed by atoms with E-state index >= 15 is 0 Å². The Kier molecular flexibility index (Phi) is 12.1. The molecule has 2 N–H and O–H groups in total. The van der Waals surface area contributed by atoms with Gasteiger partial charge >= 0.3 is 6.09 Å². The number of carbonyl (C=O) groups is 1. The maximum atomic E-state index is 11.8.